The molecule has 1 aliphatic carbocycles. The van der Waals surface area contributed by atoms with Gasteiger partial charge in [0.05, 0.1) is 0 Å². The lowest BCUT2D eigenvalue weighted by molar-refractivity contribution is 0.108. The SMILES string of the molecule is CCC(CC)(CO)CNC(c1ccc(C)cc1)C1CC1. The molecule has 0 amide bonds. The Morgan fingerprint density at radius 2 is 1.80 bits per heavy atom. The Morgan fingerprint density at radius 3 is 2.25 bits per heavy atom. The molecule has 1 saturated carbocycles. The van der Waals surface area contributed by atoms with Crippen molar-refractivity contribution >= 4 is 0 Å². The second-order valence-electron chi connectivity index (χ2n) is 6.47. The van der Waals surface area contributed by atoms with E-state index in [2.05, 4.69) is 50.4 Å². The van der Waals surface area contributed by atoms with Gasteiger partial charge in [-0.2, -0.15) is 0 Å². The zero-order valence-corrected chi connectivity index (χ0v) is 13.2. The number of hydrogen-bond donors (Lipinski definition) is 2. The molecule has 0 spiro atoms. The van der Waals surface area contributed by atoms with Crippen LogP contribution in [0.2, 0.25) is 0 Å². The lowest BCUT2D eigenvalue weighted by atomic mass is 9.82. The van der Waals surface area contributed by atoms with E-state index in [0.29, 0.717) is 6.04 Å². The molecule has 0 saturated heterocycles. The number of hydrogen-bond acceptors (Lipinski definition) is 2. The van der Waals surface area contributed by atoms with Crippen LogP contribution in [0.1, 0.15) is 56.7 Å². The highest BCUT2D eigenvalue weighted by atomic mass is 16.3. The first-order valence-corrected chi connectivity index (χ1v) is 8.05. The molecular weight excluding hydrogens is 246 g/mol. The first-order chi connectivity index (χ1) is 9.64. The molecule has 1 fully saturated rings. The summed E-state index contributed by atoms with van der Waals surface area (Å²) < 4.78 is 0. The van der Waals surface area contributed by atoms with Crippen molar-refractivity contribution in [3.05, 3.63) is 35.4 Å². The van der Waals surface area contributed by atoms with Crippen molar-refractivity contribution in [2.45, 2.75) is 52.5 Å². The van der Waals surface area contributed by atoms with Crippen molar-refractivity contribution in [2.75, 3.05) is 13.2 Å². The molecule has 0 bridgehead atoms. The van der Waals surface area contributed by atoms with E-state index >= 15 is 0 Å². The second-order valence-corrected chi connectivity index (χ2v) is 6.47. The van der Waals surface area contributed by atoms with E-state index in [4.69, 9.17) is 0 Å². The average Bonchev–Trinajstić information content (AvgIpc) is 3.31. The molecule has 20 heavy (non-hydrogen) atoms. The standard InChI is InChI=1S/C18H29NO/c1-4-18(5-2,13-20)12-19-17(16-10-11-16)15-8-6-14(3)7-9-15/h6-9,16-17,19-20H,4-5,10-13H2,1-3H3. The molecule has 1 aliphatic rings. The summed E-state index contributed by atoms with van der Waals surface area (Å²) in [5.41, 5.74) is 2.75. The van der Waals surface area contributed by atoms with Gasteiger partial charge in [0.1, 0.15) is 0 Å². The first kappa shape index (κ1) is 15.5. The van der Waals surface area contributed by atoms with Crippen LogP contribution in [0.5, 0.6) is 0 Å². The van der Waals surface area contributed by atoms with Crippen molar-refractivity contribution in [1.29, 1.82) is 0 Å². The third-order valence-corrected chi connectivity index (χ3v) is 5.06. The number of aliphatic hydroxyl groups excluding tert-OH is 1. The fourth-order valence-corrected chi connectivity index (χ4v) is 2.87. The van der Waals surface area contributed by atoms with Gasteiger partial charge in [-0.15, -0.1) is 0 Å². The summed E-state index contributed by atoms with van der Waals surface area (Å²) in [6, 6.07) is 9.37. The Balaban J connectivity index is 2.05. The Labute approximate surface area is 123 Å². The van der Waals surface area contributed by atoms with Crippen LogP contribution in [0, 0.1) is 18.3 Å². The normalized spacial score (nSPS) is 17.2. The maximum atomic E-state index is 9.71. The molecule has 1 aromatic rings. The highest BCUT2D eigenvalue weighted by Gasteiger charge is 2.34. The molecule has 2 heteroatoms. The van der Waals surface area contributed by atoms with E-state index in [-0.39, 0.29) is 12.0 Å². The molecule has 2 N–H and O–H groups in total. The van der Waals surface area contributed by atoms with E-state index in [1.807, 2.05) is 0 Å². The van der Waals surface area contributed by atoms with Gasteiger partial charge < -0.3 is 10.4 Å². The summed E-state index contributed by atoms with van der Waals surface area (Å²) in [4.78, 5) is 0. The zero-order chi connectivity index (χ0) is 14.6. The van der Waals surface area contributed by atoms with Gasteiger partial charge in [-0.25, -0.2) is 0 Å². The first-order valence-electron chi connectivity index (χ1n) is 8.05. The van der Waals surface area contributed by atoms with E-state index in [9.17, 15) is 5.11 Å². The van der Waals surface area contributed by atoms with Crippen LogP contribution in [0.3, 0.4) is 0 Å². The molecule has 0 aliphatic heterocycles. The Kier molecular flexibility index (Phi) is 5.22. The molecule has 2 nitrogen and oxygen atoms in total. The van der Waals surface area contributed by atoms with Gasteiger partial charge in [0.25, 0.3) is 0 Å². The van der Waals surface area contributed by atoms with Crippen LogP contribution in [-0.2, 0) is 0 Å². The summed E-state index contributed by atoms with van der Waals surface area (Å²) in [7, 11) is 0. The summed E-state index contributed by atoms with van der Waals surface area (Å²) in [6.45, 7) is 7.68. The smallest absolute Gasteiger partial charge is 0.0499 e. The van der Waals surface area contributed by atoms with Gasteiger partial charge in [0.2, 0.25) is 0 Å². The van der Waals surface area contributed by atoms with Crippen molar-refractivity contribution in [1.82, 2.24) is 5.32 Å². The zero-order valence-electron chi connectivity index (χ0n) is 13.2. The number of nitrogens with one attached hydrogen (secondary N) is 1. The lowest BCUT2D eigenvalue weighted by Crippen LogP contribution is -2.38. The Morgan fingerprint density at radius 1 is 1.20 bits per heavy atom. The quantitative estimate of drug-likeness (QED) is 0.755. The van der Waals surface area contributed by atoms with Gasteiger partial charge in [0.15, 0.2) is 0 Å². The maximum absolute atomic E-state index is 9.71. The summed E-state index contributed by atoms with van der Waals surface area (Å²) in [6.07, 6.45) is 4.71. The molecule has 2 rings (SSSR count). The van der Waals surface area contributed by atoms with E-state index in [1.54, 1.807) is 0 Å². The fourth-order valence-electron chi connectivity index (χ4n) is 2.87. The van der Waals surface area contributed by atoms with Crippen LogP contribution in [0.15, 0.2) is 24.3 Å². The third kappa shape index (κ3) is 3.62. The lowest BCUT2D eigenvalue weighted by Gasteiger charge is -2.32. The predicted molar refractivity (Wildman–Crippen MR) is 84.7 cm³/mol. The average molecular weight is 275 g/mol. The molecular formula is C18H29NO. The monoisotopic (exact) mass is 275 g/mol. The predicted octanol–water partition coefficient (Wildman–Crippen LogP) is 3.83. The molecule has 0 heterocycles. The van der Waals surface area contributed by atoms with Crippen LogP contribution < -0.4 is 5.32 Å². The number of benzene rings is 1. The van der Waals surface area contributed by atoms with E-state index in [1.165, 1.54) is 24.0 Å². The minimum absolute atomic E-state index is 0.0395. The molecule has 0 radical (unpaired) electrons. The number of rotatable bonds is 8. The molecule has 1 unspecified atom stereocenters. The third-order valence-electron chi connectivity index (χ3n) is 5.06. The fraction of sp³-hybridized carbons (Fsp3) is 0.667. The van der Waals surface area contributed by atoms with Crippen LogP contribution in [-0.4, -0.2) is 18.3 Å². The van der Waals surface area contributed by atoms with E-state index < -0.39 is 0 Å². The van der Waals surface area contributed by atoms with Crippen LogP contribution in [0.25, 0.3) is 0 Å². The van der Waals surface area contributed by atoms with Crippen molar-refractivity contribution in [2.24, 2.45) is 11.3 Å². The Hall–Kier alpha value is -0.860. The summed E-state index contributed by atoms with van der Waals surface area (Å²) in [5, 5.41) is 13.5. The minimum atomic E-state index is 0.0395. The van der Waals surface area contributed by atoms with Gasteiger partial charge in [-0.1, -0.05) is 43.7 Å². The molecule has 1 aromatic carbocycles. The van der Waals surface area contributed by atoms with Crippen molar-refractivity contribution in [3.63, 3.8) is 0 Å². The summed E-state index contributed by atoms with van der Waals surface area (Å²) in [5.74, 6) is 0.780. The van der Waals surface area contributed by atoms with Gasteiger partial charge >= 0.3 is 0 Å². The second kappa shape index (κ2) is 6.73. The molecule has 1 atom stereocenters. The largest absolute Gasteiger partial charge is 0.396 e. The number of aryl methyl sites for hydroxylation is 1. The van der Waals surface area contributed by atoms with Crippen LogP contribution in [0.4, 0.5) is 0 Å². The van der Waals surface area contributed by atoms with Gasteiger partial charge in [-0.3, -0.25) is 0 Å². The summed E-state index contributed by atoms with van der Waals surface area (Å²) >= 11 is 0. The highest BCUT2D eigenvalue weighted by molar-refractivity contribution is 5.25. The molecule has 112 valence electrons. The van der Waals surface area contributed by atoms with Crippen LogP contribution >= 0.6 is 0 Å². The van der Waals surface area contributed by atoms with Crippen molar-refractivity contribution < 1.29 is 5.11 Å². The molecule has 0 aromatic heterocycles. The Bertz CT molecular complexity index is 396. The minimum Gasteiger partial charge on any atom is -0.396 e. The highest BCUT2D eigenvalue weighted by Crippen LogP contribution is 2.41. The van der Waals surface area contributed by atoms with Gasteiger partial charge in [-0.05, 0) is 44.1 Å². The van der Waals surface area contributed by atoms with E-state index in [0.717, 1.165) is 25.3 Å². The topological polar surface area (TPSA) is 32.3 Å². The van der Waals surface area contributed by atoms with Crippen molar-refractivity contribution in [3.8, 4) is 0 Å². The maximum Gasteiger partial charge on any atom is 0.0499 e. The van der Waals surface area contributed by atoms with Gasteiger partial charge in [0, 0.05) is 24.6 Å². The number of aliphatic hydroxyl groups is 1.